The highest BCUT2D eigenvalue weighted by molar-refractivity contribution is 6.32. The van der Waals surface area contributed by atoms with Crippen molar-refractivity contribution in [2.75, 3.05) is 6.61 Å². The molecule has 0 aliphatic rings. The molecule has 5 atom stereocenters. The molecule has 96 valence electrons. The first-order valence-corrected chi connectivity index (χ1v) is 4.34. The lowest BCUT2D eigenvalue weighted by Crippen LogP contribution is -2.51. The van der Waals surface area contributed by atoms with Gasteiger partial charge >= 0.3 is 7.32 Å². The van der Waals surface area contributed by atoms with Crippen LogP contribution in [0.15, 0.2) is 0 Å². The topological polar surface area (TPSA) is 171 Å². The summed E-state index contributed by atoms with van der Waals surface area (Å²) < 4.78 is 3.90. The lowest BCUT2D eigenvalue weighted by Gasteiger charge is -2.28. The van der Waals surface area contributed by atoms with Crippen LogP contribution >= 0.6 is 0 Å². The van der Waals surface area contributed by atoms with E-state index in [1.54, 1.807) is 0 Å². The number of hydrogen-bond donors (Lipinski definition) is 8. The van der Waals surface area contributed by atoms with E-state index < -0.39 is 44.6 Å². The van der Waals surface area contributed by atoms with E-state index in [2.05, 4.69) is 4.65 Å². The van der Waals surface area contributed by atoms with Crippen LogP contribution in [0.2, 0.25) is 0 Å². The first-order chi connectivity index (χ1) is 7.31. The average molecular weight is 242 g/mol. The number of hydrogen-bond acceptors (Lipinski definition) is 9. The van der Waals surface area contributed by atoms with Crippen molar-refractivity contribution in [1.29, 1.82) is 0 Å². The standard InChI is InChI=1S/C6H15BO9/c8-1-2(9)3(10)4(11)5(12)6(13)16-7(14)15/h2-6,8-15H,1H2/t2-,3+,4+,5+,6?/m0/s1. The normalized spacial score (nSPS) is 21.0. The van der Waals surface area contributed by atoms with E-state index in [4.69, 9.17) is 35.6 Å². The first kappa shape index (κ1) is 15.7. The highest BCUT2D eigenvalue weighted by Crippen LogP contribution is 2.09. The fourth-order valence-electron chi connectivity index (χ4n) is 0.912. The molecule has 0 saturated heterocycles. The van der Waals surface area contributed by atoms with Gasteiger partial charge in [0.05, 0.1) is 6.61 Å². The molecule has 0 amide bonds. The van der Waals surface area contributed by atoms with Gasteiger partial charge in [-0.3, -0.25) is 0 Å². The van der Waals surface area contributed by atoms with Crippen molar-refractivity contribution in [2.24, 2.45) is 0 Å². The van der Waals surface area contributed by atoms with Gasteiger partial charge in [-0.15, -0.1) is 0 Å². The quantitative estimate of drug-likeness (QED) is 0.160. The predicted molar refractivity (Wildman–Crippen MR) is 48.4 cm³/mol. The van der Waals surface area contributed by atoms with Gasteiger partial charge in [0.2, 0.25) is 0 Å². The summed E-state index contributed by atoms with van der Waals surface area (Å²) in [6.07, 6.45) is -9.99. The van der Waals surface area contributed by atoms with Gasteiger partial charge < -0.3 is 45.3 Å². The van der Waals surface area contributed by atoms with Crippen LogP contribution in [-0.2, 0) is 4.65 Å². The Morgan fingerprint density at radius 2 is 1.38 bits per heavy atom. The van der Waals surface area contributed by atoms with Crippen molar-refractivity contribution in [2.45, 2.75) is 30.7 Å². The van der Waals surface area contributed by atoms with Crippen LogP contribution in [-0.4, -0.2) is 85.3 Å². The second kappa shape index (κ2) is 7.11. The summed E-state index contributed by atoms with van der Waals surface area (Å²) in [5.74, 6) is 0. The lowest BCUT2D eigenvalue weighted by molar-refractivity contribution is -0.189. The smallest absolute Gasteiger partial charge is 0.402 e. The van der Waals surface area contributed by atoms with Crippen LogP contribution < -0.4 is 0 Å². The summed E-state index contributed by atoms with van der Waals surface area (Å²) in [5.41, 5.74) is 0. The zero-order chi connectivity index (χ0) is 12.9. The number of aliphatic hydroxyl groups excluding tert-OH is 6. The van der Waals surface area contributed by atoms with Gasteiger partial charge in [-0.2, -0.15) is 0 Å². The van der Waals surface area contributed by atoms with Crippen LogP contribution in [0.3, 0.4) is 0 Å². The minimum Gasteiger partial charge on any atom is -0.402 e. The van der Waals surface area contributed by atoms with Crippen LogP contribution in [0.4, 0.5) is 0 Å². The maximum absolute atomic E-state index is 9.20. The molecular weight excluding hydrogens is 227 g/mol. The van der Waals surface area contributed by atoms with E-state index in [1.165, 1.54) is 0 Å². The zero-order valence-corrected chi connectivity index (χ0v) is 8.16. The van der Waals surface area contributed by atoms with Crippen LogP contribution in [0.25, 0.3) is 0 Å². The molecule has 0 aliphatic heterocycles. The van der Waals surface area contributed by atoms with E-state index in [-0.39, 0.29) is 0 Å². The Labute approximate surface area is 91.0 Å². The molecule has 0 saturated carbocycles. The molecule has 0 rings (SSSR count). The molecule has 9 nitrogen and oxygen atoms in total. The largest absolute Gasteiger partial charge is 0.635 e. The molecule has 0 bridgehead atoms. The fraction of sp³-hybridized carbons (Fsp3) is 1.00. The van der Waals surface area contributed by atoms with E-state index in [0.717, 1.165) is 0 Å². The van der Waals surface area contributed by atoms with E-state index >= 15 is 0 Å². The van der Waals surface area contributed by atoms with Gasteiger partial charge in [0.1, 0.15) is 24.4 Å². The van der Waals surface area contributed by atoms with Gasteiger partial charge in [-0.25, -0.2) is 0 Å². The molecule has 0 aliphatic carbocycles. The summed E-state index contributed by atoms with van der Waals surface area (Å²) in [5, 5.41) is 70.3. The molecule has 0 aromatic heterocycles. The third-order valence-corrected chi connectivity index (χ3v) is 1.83. The molecule has 0 fully saturated rings. The first-order valence-electron chi connectivity index (χ1n) is 4.34. The van der Waals surface area contributed by atoms with Crippen molar-refractivity contribution >= 4 is 7.32 Å². The molecule has 0 aromatic carbocycles. The molecule has 0 aromatic rings. The Morgan fingerprint density at radius 3 is 1.75 bits per heavy atom. The third kappa shape index (κ3) is 4.70. The minimum atomic E-state index is -2.38. The minimum absolute atomic E-state index is 0.871. The van der Waals surface area contributed by atoms with Gasteiger partial charge in [-0.1, -0.05) is 0 Å². The molecule has 0 spiro atoms. The third-order valence-electron chi connectivity index (χ3n) is 1.83. The van der Waals surface area contributed by atoms with E-state index in [9.17, 15) is 5.11 Å². The molecule has 0 heterocycles. The van der Waals surface area contributed by atoms with Crippen molar-refractivity contribution in [3.63, 3.8) is 0 Å². The molecule has 1 unspecified atom stereocenters. The van der Waals surface area contributed by atoms with Crippen LogP contribution in [0, 0.1) is 0 Å². The lowest BCUT2D eigenvalue weighted by atomic mass is 10.0. The van der Waals surface area contributed by atoms with Gasteiger partial charge in [0, 0.05) is 0 Å². The highest BCUT2D eigenvalue weighted by atomic mass is 16.7. The number of rotatable bonds is 7. The van der Waals surface area contributed by atoms with Gasteiger partial charge in [0.15, 0.2) is 6.29 Å². The molecule has 16 heavy (non-hydrogen) atoms. The SMILES string of the molecule is OC[C@H](O)[C@@H](O)[C@@H](O)[C@@H](O)C(O)OB(O)O. The fourth-order valence-corrected chi connectivity index (χ4v) is 0.912. The Balaban J connectivity index is 4.30. The maximum atomic E-state index is 9.20. The highest BCUT2D eigenvalue weighted by Gasteiger charge is 2.35. The summed E-state index contributed by atoms with van der Waals surface area (Å²) in [7, 11) is -2.38. The second-order valence-corrected chi connectivity index (χ2v) is 3.07. The summed E-state index contributed by atoms with van der Waals surface area (Å²) in [4.78, 5) is 0. The molecular formula is C6H15BO9. The number of aliphatic hydroxyl groups is 6. The summed E-state index contributed by atoms with van der Waals surface area (Å²) in [6, 6.07) is 0. The average Bonchev–Trinajstić information content (AvgIpc) is 2.23. The van der Waals surface area contributed by atoms with Crippen molar-refractivity contribution in [3.8, 4) is 0 Å². The van der Waals surface area contributed by atoms with Crippen molar-refractivity contribution in [3.05, 3.63) is 0 Å². The monoisotopic (exact) mass is 242 g/mol. The molecule has 0 radical (unpaired) electrons. The van der Waals surface area contributed by atoms with Gasteiger partial charge in [0.25, 0.3) is 0 Å². The van der Waals surface area contributed by atoms with Crippen LogP contribution in [0.5, 0.6) is 0 Å². The van der Waals surface area contributed by atoms with E-state index in [0.29, 0.717) is 0 Å². The Hall–Kier alpha value is -0.295. The van der Waals surface area contributed by atoms with E-state index in [1.807, 2.05) is 0 Å². The predicted octanol–water partition coefficient (Wildman–Crippen LogP) is -5.27. The van der Waals surface area contributed by atoms with Crippen molar-refractivity contribution in [1.82, 2.24) is 0 Å². The Bertz CT molecular complexity index is 191. The maximum Gasteiger partial charge on any atom is 0.635 e. The Morgan fingerprint density at radius 1 is 0.875 bits per heavy atom. The van der Waals surface area contributed by atoms with Crippen LogP contribution in [0.1, 0.15) is 0 Å². The van der Waals surface area contributed by atoms with Crippen molar-refractivity contribution < 1.29 is 45.3 Å². The Kier molecular flexibility index (Phi) is 6.98. The summed E-state index contributed by atoms with van der Waals surface area (Å²) in [6.45, 7) is -0.871. The molecule has 10 heteroatoms. The van der Waals surface area contributed by atoms with Gasteiger partial charge in [-0.05, 0) is 0 Å². The zero-order valence-electron chi connectivity index (χ0n) is 8.16. The summed E-state index contributed by atoms with van der Waals surface area (Å²) >= 11 is 0. The molecule has 8 N–H and O–H groups in total. The second-order valence-electron chi connectivity index (χ2n) is 3.07.